The number of amides is 2. The predicted molar refractivity (Wildman–Crippen MR) is 59.5 cm³/mol. The molecule has 16 heavy (non-hydrogen) atoms. The maximum Gasteiger partial charge on any atom is 0.416 e. The van der Waals surface area contributed by atoms with Crippen molar-refractivity contribution in [3.8, 4) is 12.3 Å². The average molecular weight is 223 g/mol. The molecule has 0 bridgehead atoms. The third-order valence-electron chi connectivity index (χ3n) is 2.66. The third kappa shape index (κ3) is 2.75. The lowest BCUT2D eigenvalue weighted by atomic mass is 10.0. The Morgan fingerprint density at radius 2 is 2.38 bits per heavy atom. The first kappa shape index (κ1) is 12.6. The molecule has 0 N–H and O–H groups in total. The van der Waals surface area contributed by atoms with Gasteiger partial charge in [-0.2, -0.15) is 0 Å². The van der Waals surface area contributed by atoms with E-state index >= 15 is 0 Å². The lowest BCUT2D eigenvalue weighted by Gasteiger charge is -2.22. The summed E-state index contributed by atoms with van der Waals surface area (Å²) in [5, 5.41) is 0. The summed E-state index contributed by atoms with van der Waals surface area (Å²) in [5.41, 5.74) is 0. The van der Waals surface area contributed by atoms with Crippen LogP contribution in [-0.2, 0) is 9.53 Å². The van der Waals surface area contributed by atoms with Gasteiger partial charge < -0.3 is 4.74 Å². The molecule has 88 valence electrons. The molecule has 1 aliphatic rings. The minimum Gasteiger partial charge on any atom is -0.447 e. The highest BCUT2D eigenvalue weighted by Crippen LogP contribution is 2.20. The van der Waals surface area contributed by atoms with Crippen LogP contribution in [0.4, 0.5) is 4.79 Å². The van der Waals surface area contributed by atoms with Gasteiger partial charge in [-0.05, 0) is 12.3 Å². The Morgan fingerprint density at radius 1 is 1.69 bits per heavy atom. The Hall–Kier alpha value is -1.50. The summed E-state index contributed by atoms with van der Waals surface area (Å²) in [6, 6.07) is -0.133. The number of ether oxygens (including phenoxy) is 1. The number of carbonyl (C=O) groups is 2. The zero-order valence-electron chi connectivity index (χ0n) is 9.73. The van der Waals surface area contributed by atoms with Crippen molar-refractivity contribution in [1.29, 1.82) is 0 Å². The molecular formula is C12H17NO3. The van der Waals surface area contributed by atoms with Crippen LogP contribution in [0.3, 0.4) is 0 Å². The Balaban J connectivity index is 2.58. The minimum absolute atomic E-state index is 0.133. The van der Waals surface area contributed by atoms with Crippen LogP contribution in [0, 0.1) is 18.3 Å². The second-order valence-corrected chi connectivity index (χ2v) is 4.21. The number of cyclic esters (lactones) is 1. The first-order chi connectivity index (χ1) is 7.57. The lowest BCUT2D eigenvalue weighted by Crippen LogP contribution is -2.41. The molecule has 2 amide bonds. The summed E-state index contributed by atoms with van der Waals surface area (Å²) in [6.07, 6.45) is 6.06. The Labute approximate surface area is 95.9 Å². The number of terminal acetylenes is 1. The molecule has 0 spiro atoms. The van der Waals surface area contributed by atoms with E-state index in [0.717, 1.165) is 0 Å². The molecule has 4 heteroatoms. The number of unbranched alkanes of at least 4 members (excludes halogenated alkanes) is 1. The Kier molecular flexibility index (Phi) is 4.36. The molecule has 0 radical (unpaired) electrons. The smallest absolute Gasteiger partial charge is 0.416 e. The second-order valence-electron chi connectivity index (χ2n) is 4.21. The van der Waals surface area contributed by atoms with Gasteiger partial charge in [-0.15, -0.1) is 12.3 Å². The predicted octanol–water partition coefficient (Wildman–Crippen LogP) is 1.79. The van der Waals surface area contributed by atoms with E-state index in [1.54, 1.807) is 0 Å². The van der Waals surface area contributed by atoms with Crippen molar-refractivity contribution in [2.75, 3.05) is 6.61 Å². The summed E-state index contributed by atoms with van der Waals surface area (Å²) in [4.78, 5) is 24.4. The Morgan fingerprint density at radius 3 is 2.94 bits per heavy atom. The molecule has 0 aromatic carbocycles. The molecule has 1 saturated heterocycles. The number of carbonyl (C=O) groups excluding carboxylic acids is 2. The molecule has 1 atom stereocenters. The molecule has 0 aliphatic carbocycles. The quantitative estimate of drug-likeness (QED) is 0.539. The molecular weight excluding hydrogens is 206 g/mol. The van der Waals surface area contributed by atoms with Crippen LogP contribution < -0.4 is 0 Å². The maximum atomic E-state index is 11.8. The van der Waals surface area contributed by atoms with E-state index in [0.29, 0.717) is 25.9 Å². The first-order valence-corrected chi connectivity index (χ1v) is 5.50. The van der Waals surface area contributed by atoms with Gasteiger partial charge in [-0.3, -0.25) is 4.79 Å². The largest absolute Gasteiger partial charge is 0.447 e. The van der Waals surface area contributed by atoms with Gasteiger partial charge in [0.15, 0.2) is 0 Å². The van der Waals surface area contributed by atoms with Crippen molar-refractivity contribution in [2.45, 2.75) is 39.2 Å². The molecule has 1 heterocycles. The summed E-state index contributed by atoms with van der Waals surface area (Å²) < 4.78 is 4.89. The second kappa shape index (κ2) is 5.55. The number of hydrogen-bond donors (Lipinski definition) is 0. The fourth-order valence-corrected chi connectivity index (χ4v) is 1.68. The van der Waals surface area contributed by atoms with Crippen molar-refractivity contribution in [3.05, 3.63) is 0 Å². The minimum atomic E-state index is -0.524. The zero-order valence-corrected chi connectivity index (χ0v) is 9.73. The van der Waals surface area contributed by atoms with E-state index in [1.165, 1.54) is 4.90 Å². The highest BCUT2D eigenvalue weighted by molar-refractivity contribution is 5.93. The monoisotopic (exact) mass is 223 g/mol. The van der Waals surface area contributed by atoms with Crippen molar-refractivity contribution in [2.24, 2.45) is 5.92 Å². The Bertz CT molecular complexity index is 317. The molecule has 1 fully saturated rings. The van der Waals surface area contributed by atoms with Crippen LogP contribution in [-0.4, -0.2) is 29.5 Å². The fourth-order valence-electron chi connectivity index (χ4n) is 1.68. The van der Waals surface area contributed by atoms with Crippen molar-refractivity contribution < 1.29 is 14.3 Å². The standard InChI is InChI=1S/C12H17NO3/c1-4-5-6-7-11(14)13-10(9(2)3)8-16-12(13)15/h1,9-10H,5-8H2,2-3H3/t10-/m1/s1. The zero-order chi connectivity index (χ0) is 12.1. The summed E-state index contributed by atoms with van der Waals surface area (Å²) in [6.45, 7) is 4.24. The van der Waals surface area contributed by atoms with Crippen molar-refractivity contribution in [3.63, 3.8) is 0 Å². The summed E-state index contributed by atoms with van der Waals surface area (Å²) in [7, 11) is 0. The SMILES string of the molecule is C#CCCCC(=O)N1C(=O)OC[C@@H]1C(C)C. The van der Waals surface area contributed by atoms with Crippen LogP contribution in [0.5, 0.6) is 0 Å². The van der Waals surface area contributed by atoms with Gasteiger partial charge in [0.1, 0.15) is 6.61 Å². The van der Waals surface area contributed by atoms with Gasteiger partial charge in [0.25, 0.3) is 0 Å². The molecule has 0 aromatic rings. The van der Waals surface area contributed by atoms with E-state index < -0.39 is 6.09 Å². The van der Waals surface area contributed by atoms with Gasteiger partial charge in [0, 0.05) is 12.8 Å². The van der Waals surface area contributed by atoms with Gasteiger partial charge in [-0.1, -0.05) is 13.8 Å². The number of hydrogen-bond acceptors (Lipinski definition) is 3. The molecule has 1 rings (SSSR count). The number of rotatable bonds is 4. The highest BCUT2D eigenvalue weighted by atomic mass is 16.6. The van der Waals surface area contributed by atoms with Crippen LogP contribution in [0.25, 0.3) is 0 Å². The van der Waals surface area contributed by atoms with E-state index in [9.17, 15) is 9.59 Å². The van der Waals surface area contributed by atoms with E-state index in [4.69, 9.17) is 11.2 Å². The molecule has 1 aliphatic heterocycles. The van der Waals surface area contributed by atoms with Crippen LogP contribution in [0.1, 0.15) is 33.1 Å². The topological polar surface area (TPSA) is 46.6 Å². The third-order valence-corrected chi connectivity index (χ3v) is 2.66. The van der Waals surface area contributed by atoms with Gasteiger partial charge in [0.2, 0.25) is 5.91 Å². The average Bonchev–Trinajstić information content (AvgIpc) is 2.60. The van der Waals surface area contributed by atoms with E-state index in [1.807, 2.05) is 13.8 Å². The molecule has 4 nitrogen and oxygen atoms in total. The normalized spacial score (nSPS) is 19.8. The van der Waals surface area contributed by atoms with Crippen molar-refractivity contribution >= 4 is 12.0 Å². The van der Waals surface area contributed by atoms with Crippen LogP contribution in [0.2, 0.25) is 0 Å². The molecule has 0 unspecified atom stereocenters. The molecule has 0 aromatic heterocycles. The van der Waals surface area contributed by atoms with Gasteiger partial charge in [-0.25, -0.2) is 9.69 Å². The fraction of sp³-hybridized carbons (Fsp3) is 0.667. The van der Waals surface area contributed by atoms with E-state index in [-0.39, 0.29) is 17.9 Å². The number of imide groups is 1. The van der Waals surface area contributed by atoms with Crippen LogP contribution in [0.15, 0.2) is 0 Å². The molecule has 0 saturated carbocycles. The van der Waals surface area contributed by atoms with Gasteiger partial charge >= 0.3 is 6.09 Å². The van der Waals surface area contributed by atoms with Crippen LogP contribution >= 0.6 is 0 Å². The van der Waals surface area contributed by atoms with Gasteiger partial charge in [0.05, 0.1) is 6.04 Å². The summed E-state index contributed by atoms with van der Waals surface area (Å²) in [5.74, 6) is 2.50. The van der Waals surface area contributed by atoms with Crippen molar-refractivity contribution in [1.82, 2.24) is 4.90 Å². The highest BCUT2D eigenvalue weighted by Gasteiger charge is 2.38. The van der Waals surface area contributed by atoms with E-state index in [2.05, 4.69) is 5.92 Å². The maximum absolute atomic E-state index is 11.8. The lowest BCUT2D eigenvalue weighted by molar-refractivity contribution is -0.129. The summed E-state index contributed by atoms with van der Waals surface area (Å²) >= 11 is 0. The number of nitrogens with zero attached hydrogens (tertiary/aromatic N) is 1. The first-order valence-electron chi connectivity index (χ1n) is 5.50.